The number of hydrogen-bond acceptors (Lipinski definition) is 5. The van der Waals surface area contributed by atoms with Gasteiger partial charge in [0.05, 0.1) is 20.3 Å². The zero-order valence-corrected chi connectivity index (χ0v) is 15.8. The summed E-state index contributed by atoms with van der Waals surface area (Å²) in [5, 5.41) is 10.3. The summed E-state index contributed by atoms with van der Waals surface area (Å²) in [7, 11) is 4.97. The minimum atomic E-state index is -0.580. The average molecular weight is 354 g/mol. The van der Waals surface area contributed by atoms with Gasteiger partial charge in [-0.3, -0.25) is 0 Å². The summed E-state index contributed by atoms with van der Waals surface area (Å²) in [4.78, 5) is 1.22. The fourth-order valence-corrected chi connectivity index (χ4v) is 2.50. The molecule has 0 spiro atoms. The molecule has 0 fully saturated rings. The molecule has 0 unspecified atom stereocenters. The van der Waals surface area contributed by atoms with Crippen LogP contribution in [0.1, 0.15) is 12.5 Å². The van der Waals surface area contributed by atoms with E-state index in [0.717, 1.165) is 18.7 Å². The number of aliphatic hydroxyl groups is 1. The number of ether oxygens (including phenoxy) is 4. The molecule has 1 aromatic rings. The molecule has 1 rings (SSSR count). The number of hydrogen-bond donors (Lipinski definition) is 2. The van der Waals surface area contributed by atoms with E-state index in [0.29, 0.717) is 31.3 Å². The van der Waals surface area contributed by atoms with E-state index in [-0.39, 0.29) is 6.61 Å². The molecule has 0 saturated carbocycles. The number of methoxy groups -OCH3 is 3. The Hall–Kier alpha value is -1.60. The Morgan fingerprint density at radius 3 is 2.32 bits per heavy atom. The highest BCUT2D eigenvalue weighted by Crippen LogP contribution is 2.28. The fourth-order valence-electron chi connectivity index (χ4n) is 2.50. The van der Waals surface area contributed by atoms with Crippen molar-refractivity contribution in [1.82, 2.24) is 0 Å². The lowest BCUT2D eigenvalue weighted by molar-refractivity contribution is -0.903. The molecule has 2 N–H and O–H groups in total. The van der Waals surface area contributed by atoms with Crippen molar-refractivity contribution >= 4 is 6.08 Å². The van der Waals surface area contributed by atoms with Gasteiger partial charge >= 0.3 is 0 Å². The lowest BCUT2D eigenvalue weighted by atomic mass is 10.2. The van der Waals surface area contributed by atoms with Gasteiger partial charge in [-0.1, -0.05) is 18.2 Å². The van der Waals surface area contributed by atoms with E-state index in [1.807, 2.05) is 37.3 Å². The van der Waals surface area contributed by atoms with Gasteiger partial charge in [-0.05, 0) is 24.6 Å². The van der Waals surface area contributed by atoms with E-state index in [9.17, 15) is 5.11 Å². The average Bonchev–Trinajstić information content (AvgIpc) is 2.62. The maximum absolute atomic E-state index is 10.3. The summed E-state index contributed by atoms with van der Waals surface area (Å²) < 4.78 is 21.4. The first-order valence-electron chi connectivity index (χ1n) is 8.57. The molecule has 0 aliphatic rings. The third-order valence-corrected chi connectivity index (χ3v) is 3.82. The number of rotatable bonds is 13. The molecule has 0 aromatic heterocycles. The highest BCUT2D eigenvalue weighted by Gasteiger charge is 2.16. The molecule has 6 nitrogen and oxygen atoms in total. The van der Waals surface area contributed by atoms with Crippen LogP contribution in [0, 0.1) is 0 Å². The molecule has 25 heavy (non-hydrogen) atoms. The van der Waals surface area contributed by atoms with Crippen molar-refractivity contribution in [3.63, 3.8) is 0 Å². The van der Waals surface area contributed by atoms with E-state index in [1.54, 1.807) is 21.3 Å². The molecule has 142 valence electrons. The maximum Gasteiger partial charge on any atom is 0.161 e. The highest BCUT2D eigenvalue weighted by atomic mass is 16.5. The van der Waals surface area contributed by atoms with Gasteiger partial charge in [0.1, 0.15) is 32.3 Å². The van der Waals surface area contributed by atoms with Crippen LogP contribution >= 0.6 is 0 Å². The summed E-state index contributed by atoms with van der Waals surface area (Å²) >= 11 is 0. The summed E-state index contributed by atoms with van der Waals surface area (Å²) in [6.07, 6.45) is 3.38. The Bertz CT molecular complexity index is 499. The predicted octanol–water partition coefficient (Wildman–Crippen LogP) is 0.646. The van der Waals surface area contributed by atoms with E-state index in [4.69, 9.17) is 18.9 Å². The molecule has 0 saturated heterocycles. The molecule has 0 aliphatic heterocycles. The SMILES string of the molecule is C/C=C/c1ccc(OC[C@@H](O)C[NH+](CCOC)CCOC)c(OC)c1. The minimum absolute atomic E-state index is 0.211. The molecule has 6 heteroatoms. The van der Waals surface area contributed by atoms with Crippen molar-refractivity contribution in [3.05, 3.63) is 29.8 Å². The lowest BCUT2D eigenvalue weighted by Gasteiger charge is -2.22. The van der Waals surface area contributed by atoms with Gasteiger partial charge in [0.15, 0.2) is 11.5 Å². The van der Waals surface area contributed by atoms with E-state index in [1.165, 1.54) is 4.90 Å². The Morgan fingerprint density at radius 1 is 1.08 bits per heavy atom. The van der Waals surface area contributed by atoms with Gasteiger partial charge in [0, 0.05) is 14.2 Å². The second kappa shape index (κ2) is 12.7. The first kappa shape index (κ1) is 21.4. The molecule has 0 bridgehead atoms. The van der Waals surface area contributed by atoms with Gasteiger partial charge < -0.3 is 29.0 Å². The molecule has 0 amide bonds. The molecule has 1 aromatic carbocycles. The Balaban J connectivity index is 2.57. The summed E-state index contributed by atoms with van der Waals surface area (Å²) in [5.74, 6) is 1.29. The Labute approximate surface area is 150 Å². The van der Waals surface area contributed by atoms with E-state index >= 15 is 0 Å². The standard InChI is InChI=1S/C19H31NO5/c1-5-6-16-7-8-18(19(13-16)24-4)25-15-17(21)14-20(9-11-22-2)10-12-23-3/h5-8,13,17,21H,9-12,14-15H2,1-4H3/p+1/b6-5+/t17-/m0/s1. The van der Waals surface area contributed by atoms with Crippen molar-refractivity contribution in [2.75, 3.05) is 60.8 Å². The predicted molar refractivity (Wildman–Crippen MR) is 98.5 cm³/mol. The van der Waals surface area contributed by atoms with Crippen LogP contribution in [-0.2, 0) is 9.47 Å². The highest BCUT2D eigenvalue weighted by molar-refractivity contribution is 5.55. The quantitative estimate of drug-likeness (QED) is 0.545. The van der Waals surface area contributed by atoms with Gasteiger partial charge in [-0.15, -0.1) is 0 Å². The molecular formula is C19H32NO5+. The number of quaternary nitrogens is 1. The largest absolute Gasteiger partial charge is 0.493 e. The van der Waals surface area contributed by atoms with Crippen LogP contribution in [0.3, 0.4) is 0 Å². The van der Waals surface area contributed by atoms with Gasteiger partial charge in [0.25, 0.3) is 0 Å². The van der Waals surface area contributed by atoms with Crippen LogP contribution in [0.5, 0.6) is 11.5 Å². The molecular weight excluding hydrogens is 322 g/mol. The van der Waals surface area contributed by atoms with Crippen LogP contribution in [0.2, 0.25) is 0 Å². The van der Waals surface area contributed by atoms with E-state index in [2.05, 4.69) is 0 Å². The third-order valence-electron chi connectivity index (χ3n) is 3.82. The smallest absolute Gasteiger partial charge is 0.161 e. The van der Waals surface area contributed by atoms with Crippen LogP contribution in [0.25, 0.3) is 6.08 Å². The summed E-state index contributed by atoms with van der Waals surface area (Å²) in [5.41, 5.74) is 1.04. The number of benzene rings is 1. The van der Waals surface area contributed by atoms with Crippen molar-refractivity contribution in [2.45, 2.75) is 13.0 Å². The second-order valence-electron chi connectivity index (χ2n) is 5.81. The van der Waals surface area contributed by atoms with Crippen molar-refractivity contribution in [2.24, 2.45) is 0 Å². The minimum Gasteiger partial charge on any atom is -0.493 e. The summed E-state index contributed by atoms with van der Waals surface area (Å²) in [6.45, 7) is 5.68. The Kier molecular flexibility index (Phi) is 10.9. The lowest BCUT2D eigenvalue weighted by Crippen LogP contribution is -3.14. The van der Waals surface area contributed by atoms with Crippen molar-refractivity contribution in [1.29, 1.82) is 0 Å². The zero-order chi connectivity index (χ0) is 18.5. The normalized spacial score (nSPS) is 12.7. The van der Waals surface area contributed by atoms with Crippen LogP contribution in [0.15, 0.2) is 24.3 Å². The Morgan fingerprint density at radius 2 is 1.76 bits per heavy atom. The van der Waals surface area contributed by atoms with E-state index < -0.39 is 6.10 Å². The first-order chi connectivity index (χ1) is 12.1. The van der Waals surface area contributed by atoms with Crippen molar-refractivity contribution < 1.29 is 29.0 Å². The topological polar surface area (TPSA) is 61.6 Å². The maximum atomic E-state index is 10.3. The van der Waals surface area contributed by atoms with Crippen LogP contribution in [0.4, 0.5) is 0 Å². The van der Waals surface area contributed by atoms with Gasteiger partial charge in [0.2, 0.25) is 0 Å². The fraction of sp³-hybridized carbons (Fsp3) is 0.579. The number of allylic oxidation sites excluding steroid dienone is 1. The number of nitrogens with one attached hydrogen (secondary N) is 1. The van der Waals surface area contributed by atoms with Gasteiger partial charge in [-0.25, -0.2) is 0 Å². The van der Waals surface area contributed by atoms with Crippen molar-refractivity contribution in [3.8, 4) is 11.5 Å². The second-order valence-corrected chi connectivity index (χ2v) is 5.81. The monoisotopic (exact) mass is 354 g/mol. The molecule has 0 radical (unpaired) electrons. The molecule has 0 aliphatic carbocycles. The molecule has 0 heterocycles. The third kappa shape index (κ3) is 8.36. The molecule has 1 atom stereocenters. The van der Waals surface area contributed by atoms with Gasteiger partial charge in [-0.2, -0.15) is 0 Å². The first-order valence-corrected chi connectivity index (χ1v) is 8.57. The number of aliphatic hydroxyl groups excluding tert-OH is 1. The summed E-state index contributed by atoms with van der Waals surface area (Å²) in [6, 6.07) is 5.73. The van der Waals surface area contributed by atoms with Crippen LogP contribution < -0.4 is 14.4 Å². The van der Waals surface area contributed by atoms with Crippen LogP contribution in [-0.4, -0.2) is 72.0 Å². The zero-order valence-electron chi connectivity index (χ0n) is 15.8.